The van der Waals surface area contributed by atoms with Gasteiger partial charge in [-0.15, -0.1) is 0 Å². The second-order valence-electron chi connectivity index (χ2n) is 2.78. The number of allylic oxidation sites excluding steroid dienone is 2. The Morgan fingerprint density at radius 3 is 2.44 bits per heavy atom. The summed E-state index contributed by atoms with van der Waals surface area (Å²) in [5, 5.41) is 1.11. The van der Waals surface area contributed by atoms with E-state index in [0.717, 1.165) is 11.2 Å². The molecule has 0 aromatic rings. The van der Waals surface area contributed by atoms with Crippen molar-refractivity contribution < 1.29 is 0 Å². The van der Waals surface area contributed by atoms with Gasteiger partial charge in [-0.2, -0.15) is 0 Å². The molecule has 0 radical (unpaired) electrons. The van der Waals surface area contributed by atoms with Crippen molar-refractivity contribution in [3.8, 4) is 0 Å². The van der Waals surface area contributed by atoms with E-state index in [2.05, 4.69) is 42.8 Å². The van der Waals surface area contributed by atoms with Crippen molar-refractivity contribution in [1.82, 2.24) is 0 Å². The molecule has 0 rings (SSSR count). The highest BCUT2D eigenvalue weighted by Gasteiger charge is 1.94. The van der Waals surface area contributed by atoms with E-state index in [1.165, 1.54) is 12.0 Å². The van der Waals surface area contributed by atoms with Crippen molar-refractivity contribution in [1.29, 1.82) is 0 Å². The van der Waals surface area contributed by atoms with Gasteiger partial charge in [0.1, 0.15) is 0 Å². The van der Waals surface area contributed by atoms with Crippen molar-refractivity contribution >= 4 is 15.9 Å². The SMILES string of the molecule is CC(C)=CCC(C)CBr. The minimum Gasteiger partial charge on any atom is -0.0925 e. The van der Waals surface area contributed by atoms with Gasteiger partial charge in [0.15, 0.2) is 0 Å². The standard InChI is InChI=1S/C8H15Br/c1-7(2)4-5-8(3)6-9/h4,8H,5-6H2,1-3H3. The van der Waals surface area contributed by atoms with E-state index < -0.39 is 0 Å². The molecule has 0 aromatic carbocycles. The minimum absolute atomic E-state index is 0.778. The molecule has 0 saturated carbocycles. The fourth-order valence-corrected chi connectivity index (χ4v) is 0.764. The maximum Gasteiger partial charge on any atom is 0.00599 e. The Morgan fingerprint density at radius 1 is 1.56 bits per heavy atom. The van der Waals surface area contributed by atoms with Crippen molar-refractivity contribution in [2.75, 3.05) is 5.33 Å². The van der Waals surface area contributed by atoms with Crippen LogP contribution in [-0.4, -0.2) is 5.33 Å². The van der Waals surface area contributed by atoms with Gasteiger partial charge in [0.05, 0.1) is 0 Å². The first-order valence-corrected chi connectivity index (χ1v) is 4.48. The Balaban J connectivity index is 3.37. The molecule has 0 saturated heterocycles. The average molecular weight is 191 g/mol. The molecule has 0 aromatic heterocycles. The second kappa shape index (κ2) is 5.04. The molecular weight excluding hydrogens is 176 g/mol. The molecule has 0 spiro atoms. The molecule has 0 aliphatic rings. The number of halogens is 1. The third kappa shape index (κ3) is 6.10. The smallest absolute Gasteiger partial charge is 0.00599 e. The molecule has 0 aliphatic heterocycles. The van der Waals surface area contributed by atoms with Crippen molar-refractivity contribution in [2.45, 2.75) is 27.2 Å². The normalized spacial score (nSPS) is 12.9. The topological polar surface area (TPSA) is 0 Å². The molecule has 1 heteroatoms. The maximum absolute atomic E-state index is 3.44. The van der Waals surface area contributed by atoms with Gasteiger partial charge in [-0.25, -0.2) is 0 Å². The van der Waals surface area contributed by atoms with E-state index >= 15 is 0 Å². The van der Waals surface area contributed by atoms with Crippen LogP contribution >= 0.6 is 15.9 Å². The molecule has 1 atom stereocenters. The Morgan fingerprint density at radius 2 is 2.11 bits per heavy atom. The van der Waals surface area contributed by atoms with Crippen LogP contribution in [0.4, 0.5) is 0 Å². The molecule has 0 bridgehead atoms. The summed E-state index contributed by atoms with van der Waals surface area (Å²) in [6, 6.07) is 0. The van der Waals surface area contributed by atoms with E-state index in [0.29, 0.717) is 0 Å². The molecule has 0 fully saturated rings. The highest BCUT2D eigenvalue weighted by atomic mass is 79.9. The summed E-state index contributed by atoms with van der Waals surface area (Å²) in [7, 11) is 0. The lowest BCUT2D eigenvalue weighted by Crippen LogP contribution is -1.92. The molecule has 0 amide bonds. The summed E-state index contributed by atoms with van der Waals surface area (Å²) in [6.07, 6.45) is 3.49. The summed E-state index contributed by atoms with van der Waals surface area (Å²) < 4.78 is 0. The quantitative estimate of drug-likeness (QED) is 0.473. The molecule has 0 aliphatic carbocycles. The minimum atomic E-state index is 0.778. The molecule has 0 nitrogen and oxygen atoms in total. The van der Waals surface area contributed by atoms with Crippen LogP contribution in [0.25, 0.3) is 0 Å². The van der Waals surface area contributed by atoms with Crippen LogP contribution in [0, 0.1) is 5.92 Å². The Bertz CT molecular complexity index is 90.7. The number of rotatable bonds is 3. The zero-order chi connectivity index (χ0) is 7.28. The lowest BCUT2D eigenvalue weighted by molar-refractivity contribution is 0.678. The molecule has 1 unspecified atom stereocenters. The largest absolute Gasteiger partial charge is 0.0925 e. The summed E-state index contributed by atoms with van der Waals surface area (Å²) >= 11 is 3.44. The van der Waals surface area contributed by atoms with Gasteiger partial charge in [-0.1, -0.05) is 34.5 Å². The predicted octanol–water partition coefficient (Wildman–Crippen LogP) is 3.37. The highest BCUT2D eigenvalue weighted by Crippen LogP contribution is 2.07. The van der Waals surface area contributed by atoms with Gasteiger partial charge in [0.2, 0.25) is 0 Å². The second-order valence-corrected chi connectivity index (χ2v) is 3.42. The van der Waals surface area contributed by atoms with E-state index in [1.54, 1.807) is 0 Å². The van der Waals surface area contributed by atoms with Crippen LogP contribution in [-0.2, 0) is 0 Å². The van der Waals surface area contributed by atoms with Crippen LogP contribution in [0.15, 0.2) is 11.6 Å². The van der Waals surface area contributed by atoms with Gasteiger partial charge in [0, 0.05) is 5.33 Å². The molecule has 0 heterocycles. The predicted molar refractivity (Wildman–Crippen MR) is 47.0 cm³/mol. The third-order valence-corrected chi connectivity index (χ3v) is 2.30. The molecule has 9 heavy (non-hydrogen) atoms. The van der Waals surface area contributed by atoms with Crippen LogP contribution in [0.5, 0.6) is 0 Å². The Kier molecular flexibility index (Phi) is 5.16. The van der Waals surface area contributed by atoms with E-state index in [1.807, 2.05) is 0 Å². The zero-order valence-electron chi connectivity index (χ0n) is 6.45. The summed E-state index contributed by atoms with van der Waals surface area (Å²) in [5.74, 6) is 0.778. The fraction of sp³-hybridized carbons (Fsp3) is 0.750. The maximum atomic E-state index is 3.44. The number of hydrogen-bond donors (Lipinski definition) is 0. The molecule has 54 valence electrons. The average Bonchev–Trinajstić information content (AvgIpc) is 1.83. The van der Waals surface area contributed by atoms with Crippen molar-refractivity contribution in [3.63, 3.8) is 0 Å². The highest BCUT2D eigenvalue weighted by molar-refractivity contribution is 9.09. The number of hydrogen-bond acceptors (Lipinski definition) is 0. The van der Waals surface area contributed by atoms with Gasteiger partial charge >= 0.3 is 0 Å². The fourth-order valence-electron chi connectivity index (χ4n) is 0.500. The van der Waals surface area contributed by atoms with E-state index in [9.17, 15) is 0 Å². The first-order chi connectivity index (χ1) is 4.16. The lowest BCUT2D eigenvalue weighted by Gasteiger charge is -2.01. The summed E-state index contributed by atoms with van der Waals surface area (Å²) in [4.78, 5) is 0. The van der Waals surface area contributed by atoms with Crippen molar-refractivity contribution in [2.24, 2.45) is 5.92 Å². The van der Waals surface area contributed by atoms with E-state index in [4.69, 9.17) is 0 Å². The lowest BCUT2D eigenvalue weighted by atomic mass is 10.1. The molecule has 0 N–H and O–H groups in total. The Labute approximate surface area is 66.5 Å². The van der Waals surface area contributed by atoms with Crippen LogP contribution in [0.1, 0.15) is 27.2 Å². The van der Waals surface area contributed by atoms with E-state index in [-0.39, 0.29) is 0 Å². The van der Waals surface area contributed by atoms with Gasteiger partial charge < -0.3 is 0 Å². The van der Waals surface area contributed by atoms with Gasteiger partial charge in [-0.3, -0.25) is 0 Å². The van der Waals surface area contributed by atoms with Crippen LogP contribution in [0.2, 0.25) is 0 Å². The monoisotopic (exact) mass is 190 g/mol. The number of alkyl halides is 1. The Hall–Kier alpha value is 0.220. The first-order valence-electron chi connectivity index (χ1n) is 3.36. The van der Waals surface area contributed by atoms with Crippen LogP contribution in [0.3, 0.4) is 0 Å². The first kappa shape index (κ1) is 9.22. The summed E-state index contributed by atoms with van der Waals surface area (Å²) in [6.45, 7) is 6.52. The summed E-state index contributed by atoms with van der Waals surface area (Å²) in [5.41, 5.74) is 1.42. The van der Waals surface area contributed by atoms with Gasteiger partial charge in [-0.05, 0) is 26.2 Å². The zero-order valence-corrected chi connectivity index (χ0v) is 8.03. The third-order valence-electron chi connectivity index (χ3n) is 1.19. The van der Waals surface area contributed by atoms with Crippen LogP contribution < -0.4 is 0 Å². The van der Waals surface area contributed by atoms with Crippen molar-refractivity contribution in [3.05, 3.63) is 11.6 Å². The van der Waals surface area contributed by atoms with Gasteiger partial charge in [0.25, 0.3) is 0 Å². The molecular formula is C8H15Br.